The molecule has 2 saturated heterocycles. The lowest BCUT2D eigenvalue weighted by Gasteiger charge is -2.34. The zero-order valence-corrected chi connectivity index (χ0v) is 19.5. The van der Waals surface area contributed by atoms with E-state index in [9.17, 15) is 9.59 Å². The molecule has 4 rings (SSSR count). The van der Waals surface area contributed by atoms with Crippen molar-refractivity contribution in [2.24, 2.45) is 0 Å². The van der Waals surface area contributed by atoms with Gasteiger partial charge >= 0.3 is 6.03 Å². The summed E-state index contributed by atoms with van der Waals surface area (Å²) >= 11 is 0. The number of anilines is 2. The number of urea groups is 1. The molecule has 33 heavy (non-hydrogen) atoms. The van der Waals surface area contributed by atoms with Crippen molar-refractivity contribution in [3.05, 3.63) is 59.7 Å². The van der Waals surface area contributed by atoms with Crippen LogP contribution in [0.2, 0.25) is 0 Å². The molecule has 2 aromatic carbocycles. The van der Waals surface area contributed by atoms with Gasteiger partial charge in [0, 0.05) is 43.6 Å². The van der Waals surface area contributed by atoms with E-state index in [1.165, 1.54) is 12.8 Å². The van der Waals surface area contributed by atoms with Crippen LogP contribution in [0.3, 0.4) is 0 Å². The average molecular weight is 450 g/mol. The minimum Gasteiger partial charge on any atom is -0.371 e. The zero-order valence-electron chi connectivity index (χ0n) is 19.5. The van der Waals surface area contributed by atoms with Crippen molar-refractivity contribution < 1.29 is 9.59 Å². The normalized spacial score (nSPS) is 17.1. The van der Waals surface area contributed by atoms with Gasteiger partial charge in [0.05, 0.1) is 5.56 Å². The minimum atomic E-state index is -0.171. The van der Waals surface area contributed by atoms with E-state index in [-0.39, 0.29) is 18.0 Å². The number of aryl methyl sites for hydroxylation is 1. The summed E-state index contributed by atoms with van der Waals surface area (Å²) in [4.78, 5) is 29.9. The summed E-state index contributed by atoms with van der Waals surface area (Å²) in [6.07, 6.45) is 4.20. The lowest BCUT2D eigenvalue weighted by atomic mass is 10.0. The lowest BCUT2D eigenvalue weighted by molar-refractivity contribution is 0.0950. The molecule has 0 saturated carbocycles. The van der Waals surface area contributed by atoms with E-state index in [2.05, 4.69) is 25.8 Å². The van der Waals surface area contributed by atoms with Crippen LogP contribution < -0.4 is 20.9 Å². The summed E-state index contributed by atoms with van der Waals surface area (Å²) in [6, 6.07) is 15.5. The van der Waals surface area contributed by atoms with E-state index in [1.807, 2.05) is 55.5 Å². The Morgan fingerprint density at radius 1 is 0.939 bits per heavy atom. The number of para-hydroxylation sites is 1. The summed E-state index contributed by atoms with van der Waals surface area (Å²) in [7, 11) is 0. The molecule has 0 bridgehead atoms. The molecule has 2 heterocycles. The smallest absolute Gasteiger partial charge is 0.319 e. The maximum absolute atomic E-state index is 12.9. The molecule has 0 radical (unpaired) electrons. The quantitative estimate of drug-likeness (QED) is 0.604. The third-order valence-electron chi connectivity index (χ3n) is 6.54. The third kappa shape index (κ3) is 6.48. The molecule has 0 unspecified atom stereocenters. The van der Waals surface area contributed by atoms with Gasteiger partial charge in [0.15, 0.2) is 0 Å². The summed E-state index contributed by atoms with van der Waals surface area (Å²) in [6.45, 7) is 7.48. The number of carbonyl (C=O) groups is 2. The van der Waals surface area contributed by atoms with Crippen LogP contribution in [0.4, 0.5) is 16.2 Å². The molecule has 2 aromatic rings. The van der Waals surface area contributed by atoms with Crippen LogP contribution in [0.15, 0.2) is 48.5 Å². The summed E-state index contributed by atoms with van der Waals surface area (Å²) in [5.41, 5.74) is 3.65. The van der Waals surface area contributed by atoms with Gasteiger partial charge in [-0.05, 0) is 70.0 Å². The highest BCUT2D eigenvalue weighted by Crippen LogP contribution is 2.24. The highest BCUT2D eigenvalue weighted by atomic mass is 16.2. The molecule has 0 spiro atoms. The standard InChI is InChI=1S/C26H35N5O2/c1-20-8-10-21(11-9-20)28-26(33)29-22-12-17-31(18-13-22)24-7-3-2-6-23(24)25(32)27-14-19-30-15-4-5-16-30/h2-3,6-11,22H,4-5,12-19H2,1H3,(H,27,32)(H2,28,29,33). The first-order chi connectivity index (χ1) is 16.1. The third-order valence-corrected chi connectivity index (χ3v) is 6.54. The molecule has 7 heteroatoms. The van der Waals surface area contributed by atoms with E-state index in [1.54, 1.807) is 0 Å². The molecule has 2 fully saturated rings. The van der Waals surface area contributed by atoms with Crippen LogP contribution in [-0.2, 0) is 0 Å². The van der Waals surface area contributed by atoms with Gasteiger partial charge in [-0.1, -0.05) is 29.8 Å². The molecule has 7 nitrogen and oxygen atoms in total. The summed E-state index contributed by atoms with van der Waals surface area (Å²) in [5, 5.41) is 9.08. The fourth-order valence-corrected chi connectivity index (χ4v) is 4.62. The molecule has 2 aliphatic rings. The highest BCUT2D eigenvalue weighted by Gasteiger charge is 2.24. The molecule has 3 amide bonds. The van der Waals surface area contributed by atoms with Gasteiger partial charge in [-0.25, -0.2) is 4.79 Å². The highest BCUT2D eigenvalue weighted by molar-refractivity contribution is 5.99. The molecule has 3 N–H and O–H groups in total. The number of amides is 3. The Balaban J connectivity index is 1.26. The molecular formula is C26H35N5O2. The van der Waals surface area contributed by atoms with Gasteiger partial charge in [-0.3, -0.25) is 4.79 Å². The predicted octanol–water partition coefficient (Wildman–Crippen LogP) is 3.61. The van der Waals surface area contributed by atoms with Gasteiger partial charge in [0.25, 0.3) is 5.91 Å². The van der Waals surface area contributed by atoms with E-state index in [0.29, 0.717) is 6.54 Å². The Morgan fingerprint density at radius 3 is 2.36 bits per heavy atom. The Morgan fingerprint density at radius 2 is 1.64 bits per heavy atom. The van der Waals surface area contributed by atoms with E-state index < -0.39 is 0 Å². The van der Waals surface area contributed by atoms with Gasteiger partial charge in [0.2, 0.25) is 0 Å². The van der Waals surface area contributed by atoms with Crippen molar-refractivity contribution >= 4 is 23.3 Å². The molecule has 0 atom stereocenters. The Hall–Kier alpha value is -3.06. The van der Waals surface area contributed by atoms with Crippen LogP contribution in [0.5, 0.6) is 0 Å². The second kappa shape index (κ2) is 11.2. The Kier molecular flexibility index (Phi) is 7.83. The summed E-state index contributed by atoms with van der Waals surface area (Å²) in [5.74, 6) is -0.0116. The lowest BCUT2D eigenvalue weighted by Crippen LogP contribution is -2.46. The number of rotatable bonds is 7. The SMILES string of the molecule is Cc1ccc(NC(=O)NC2CCN(c3ccccc3C(=O)NCCN3CCCC3)CC2)cc1. The van der Waals surface area contributed by atoms with Crippen molar-refractivity contribution in [2.75, 3.05) is 49.5 Å². The van der Waals surface area contributed by atoms with Gasteiger partial charge in [-0.15, -0.1) is 0 Å². The average Bonchev–Trinajstić information content (AvgIpc) is 3.35. The number of piperidine rings is 1. The first-order valence-electron chi connectivity index (χ1n) is 12.1. The second-order valence-electron chi connectivity index (χ2n) is 9.05. The molecular weight excluding hydrogens is 414 g/mol. The Bertz CT molecular complexity index is 932. The van der Waals surface area contributed by atoms with Gasteiger partial charge in [-0.2, -0.15) is 0 Å². The van der Waals surface area contributed by atoms with Crippen LogP contribution in [-0.4, -0.2) is 62.1 Å². The van der Waals surface area contributed by atoms with Crippen molar-refractivity contribution in [3.63, 3.8) is 0 Å². The molecule has 2 aliphatic heterocycles. The number of benzene rings is 2. The maximum atomic E-state index is 12.9. The summed E-state index contributed by atoms with van der Waals surface area (Å²) < 4.78 is 0. The zero-order chi connectivity index (χ0) is 23.0. The second-order valence-corrected chi connectivity index (χ2v) is 9.05. The monoisotopic (exact) mass is 449 g/mol. The van der Waals surface area contributed by atoms with Crippen LogP contribution >= 0.6 is 0 Å². The van der Waals surface area contributed by atoms with E-state index >= 15 is 0 Å². The molecule has 0 aromatic heterocycles. The van der Waals surface area contributed by atoms with Gasteiger partial charge in [0.1, 0.15) is 0 Å². The number of nitrogens with zero attached hydrogens (tertiary/aromatic N) is 2. The van der Waals surface area contributed by atoms with Crippen LogP contribution in [0, 0.1) is 6.92 Å². The Labute approximate surface area is 196 Å². The number of hydrogen-bond donors (Lipinski definition) is 3. The van der Waals surface area contributed by atoms with Crippen molar-refractivity contribution in [1.29, 1.82) is 0 Å². The topological polar surface area (TPSA) is 76.7 Å². The van der Waals surface area contributed by atoms with E-state index in [4.69, 9.17) is 0 Å². The molecule has 0 aliphatic carbocycles. The molecule has 176 valence electrons. The van der Waals surface area contributed by atoms with Crippen molar-refractivity contribution in [2.45, 2.75) is 38.6 Å². The van der Waals surface area contributed by atoms with Crippen molar-refractivity contribution in [3.8, 4) is 0 Å². The minimum absolute atomic E-state index is 0.0116. The number of carbonyl (C=O) groups excluding carboxylic acids is 2. The van der Waals surface area contributed by atoms with Gasteiger partial charge < -0.3 is 25.8 Å². The van der Waals surface area contributed by atoms with Crippen molar-refractivity contribution in [1.82, 2.24) is 15.5 Å². The largest absolute Gasteiger partial charge is 0.371 e. The van der Waals surface area contributed by atoms with E-state index in [0.717, 1.165) is 68.1 Å². The number of likely N-dealkylation sites (tertiary alicyclic amines) is 1. The first kappa shape index (κ1) is 23.1. The number of nitrogens with one attached hydrogen (secondary N) is 3. The number of hydrogen-bond acceptors (Lipinski definition) is 4. The van der Waals surface area contributed by atoms with Crippen LogP contribution in [0.25, 0.3) is 0 Å². The predicted molar refractivity (Wildman–Crippen MR) is 133 cm³/mol. The maximum Gasteiger partial charge on any atom is 0.319 e. The van der Waals surface area contributed by atoms with Crippen LogP contribution in [0.1, 0.15) is 41.6 Å². The fourth-order valence-electron chi connectivity index (χ4n) is 4.62. The first-order valence-corrected chi connectivity index (χ1v) is 12.1. The fraction of sp³-hybridized carbons (Fsp3) is 0.462.